The van der Waals surface area contributed by atoms with Crippen LogP contribution in [0.1, 0.15) is 30.0 Å². The molecule has 1 aliphatic rings. The van der Waals surface area contributed by atoms with Crippen molar-refractivity contribution in [2.75, 3.05) is 18.9 Å². The fourth-order valence-corrected chi connectivity index (χ4v) is 3.66. The van der Waals surface area contributed by atoms with Crippen molar-refractivity contribution in [3.05, 3.63) is 40.9 Å². The van der Waals surface area contributed by atoms with Crippen LogP contribution in [0.3, 0.4) is 0 Å². The topological polar surface area (TPSA) is 70.1 Å². The molecule has 2 aromatic rings. The number of aromatic nitrogens is 2. The van der Waals surface area contributed by atoms with Gasteiger partial charge in [-0.3, -0.25) is 10.2 Å². The molecule has 122 valence electrons. The molecular weight excluding hydrogens is 310 g/mol. The summed E-state index contributed by atoms with van der Waals surface area (Å²) in [5.41, 5.74) is 1.22. The molecule has 2 N–H and O–H groups in total. The standard InChI is InChI=1S/C16H21N5OS/c1-3-13-19-20-16(23-13)18-15(22)17-12-9-10-21(2)14(12)11-7-5-4-6-8-11/h4-8,12,14H,3,9-10H2,1-2H3,(H2,17,18,20,22)/t12-,14-/m1/s1. The van der Waals surface area contributed by atoms with Crippen molar-refractivity contribution in [3.63, 3.8) is 0 Å². The number of likely N-dealkylation sites (tertiary alicyclic amines) is 1. The maximum Gasteiger partial charge on any atom is 0.321 e. The highest BCUT2D eigenvalue weighted by atomic mass is 32.1. The van der Waals surface area contributed by atoms with E-state index in [-0.39, 0.29) is 18.1 Å². The Morgan fingerprint density at radius 1 is 1.35 bits per heavy atom. The molecule has 3 rings (SSSR count). The first-order valence-electron chi connectivity index (χ1n) is 7.82. The number of anilines is 1. The third-order valence-corrected chi connectivity index (χ3v) is 5.08. The highest BCUT2D eigenvalue weighted by Gasteiger charge is 2.34. The van der Waals surface area contributed by atoms with Gasteiger partial charge in [-0.15, -0.1) is 10.2 Å². The van der Waals surface area contributed by atoms with Crippen LogP contribution in [0, 0.1) is 0 Å². The summed E-state index contributed by atoms with van der Waals surface area (Å²) in [6.07, 6.45) is 1.75. The van der Waals surface area contributed by atoms with Crippen LogP contribution >= 0.6 is 11.3 Å². The summed E-state index contributed by atoms with van der Waals surface area (Å²) >= 11 is 1.41. The van der Waals surface area contributed by atoms with E-state index in [0.29, 0.717) is 5.13 Å². The molecule has 7 heteroatoms. The van der Waals surface area contributed by atoms with E-state index in [1.54, 1.807) is 0 Å². The third-order valence-electron chi connectivity index (χ3n) is 4.10. The van der Waals surface area contributed by atoms with Crippen molar-refractivity contribution in [3.8, 4) is 0 Å². The highest BCUT2D eigenvalue weighted by molar-refractivity contribution is 7.15. The number of benzene rings is 1. The zero-order chi connectivity index (χ0) is 16.2. The Bertz CT molecular complexity index is 660. The Morgan fingerprint density at radius 3 is 2.83 bits per heavy atom. The number of carbonyl (C=O) groups is 1. The molecule has 0 radical (unpaired) electrons. The van der Waals surface area contributed by atoms with E-state index >= 15 is 0 Å². The van der Waals surface area contributed by atoms with Gasteiger partial charge >= 0.3 is 6.03 Å². The van der Waals surface area contributed by atoms with Crippen LogP contribution in [0.15, 0.2) is 30.3 Å². The second kappa shape index (κ2) is 7.06. The molecule has 0 saturated carbocycles. The van der Waals surface area contributed by atoms with Crippen molar-refractivity contribution in [1.82, 2.24) is 20.4 Å². The quantitative estimate of drug-likeness (QED) is 0.904. The number of nitrogens with zero attached hydrogens (tertiary/aromatic N) is 3. The Labute approximate surface area is 139 Å². The molecule has 1 aliphatic heterocycles. The van der Waals surface area contributed by atoms with Crippen LogP contribution in [-0.4, -0.2) is 40.8 Å². The van der Waals surface area contributed by atoms with Gasteiger partial charge in [0.25, 0.3) is 0 Å². The predicted octanol–water partition coefficient (Wildman–Crippen LogP) is 2.67. The number of carbonyl (C=O) groups excluding carboxylic acids is 1. The fraction of sp³-hybridized carbons (Fsp3) is 0.438. The average molecular weight is 331 g/mol. The summed E-state index contributed by atoms with van der Waals surface area (Å²) in [7, 11) is 2.09. The van der Waals surface area contributed by atoms with Gasteiger partial charge in [-0.05, 0) is 25.5 Å². The number of hydrogen-bond donors (Lipinski definition) is 2. The highest BCUT2D eigenvalue weighted by Crippen LogP contribution is 2.30. The number of urea groups is 1. The SMILES string of the molecule is CCc1nnc(NC(=O)N[C@@H]2CCN(C)[C@@H]2c2ccccc2)s1. The van der Waals surface area contributed by atoms with Crippen LogP contribution in [0.5, 0.6) is 0 Å². The minimum Gasteiger partial charge on any atom is -0.333 e. The zero-order valence-electron chi connectivity index (χ0n) is 13.3. The summed E-state index contributed by atoms with van der Waals surface area (Å²) in [5, 5.41) is 15.3. The lowest BCUT2D eigenvalue weighted by atomic mass is 10.0. The van der Waals surface area contributed by atoms with Gasteiger partial charge in [-0.1, -0.05) is 48.6 Å². The summed E-state index contributed by atoms with van der Waals surface area (Å²) < 4.78 is 0. The van der Waals surface area contributed by atoms with E-state index in [4.69, 9.17) is 0 Å². The van der Waals surface area contributed by atoms with Gasteiger partial charge in [-0.2, -0.15) is 0 Å². The van der Waals surface area contributed by atoms with E-state index in [1.807, 2.05) is 25.1 Å². The second-order valence-corrected chi connectivity index (χ2v) is 6.75. The predicted molar refractivity (Wildman–Crippen MR) is 91.7 cm³/mol. The van der Waals surface area contributed by atoms with E-state index < -0.39 is 0 Å². The molecule has 1 saturated heterocycles. The number of hydrogen-bond acceptors (Lipinski definition) is 5. The van der Waals surface area contributed by atoms with Gasteiger partial charge in [0.2, 0.25) is 5.13 Å². The molecule has 0 spiro atoms. The summed E-state index contributed by atoms with van der Waals surface area (Å²) in [5.74, 6) is 0. The first kappa shape index (κ1) is 15.9. The smallest absolute Gasteiger partial charge is 0.321 e. The molecule has 0 bridgehead atoms. The van der Waals surface area contributed by atoms with Gasteiger partial charge < -0.3 is 5.32 Å². The normalized spacial score (nSPS) is 21.3. The van der Waals surface area contributed by atoms with E-state index in [9.17, 15) is 4.79 Å². The Kier molecular flexibility index (Phi) is 4.88. The van der Waals surface area contributed by atoms with Gasteiger partial charge in [-0.25, -0.2) is 4.79 Å². The lowest BCUT2D eigenvalue weighted by Gasteiger charge is -2.26. The summed E-state index contributed by atoms with van der Waals surface area (Å²) in [6.45, 7) is 2.98. The molecule has 23 heavy (non-hydrogen) atoms. The number of likely N-dealkylation sites (N-methyl/N-ethyl adjacent to an activating group) is 1. The van der Waals surface area contributed by atoms with Crippen molar-refractivity contribution >= 4 is 22.5 Å². The molecule has 1 aromatic heterocycles. The van der Waals surface area contributed by atoms with Crippen LogP contribution in [0.2, 0.25) is 0 Å². The zero-order valence-corrected chi connectivity index (χ0v) is 14.1. The van der Waals surface area contributed by atoms with Crippen molar-refractivity contribution < 1.29 is 4.79 Å². The Balaban J connectivity index is 1.65. The lowest BCUT2D eigenvalue weighted by molar-refractivity contribution is 0.240. The van der Waals surface area contributed by atoms with Gasteiger partial charge in [0.05, 0.1) is 12.1 Å². The van der Waals surface area contributed by atoms with Crippen molar-refractivity contribution in [2.45, 2.75) is 31.8 Å². The van der Waals surface area contributed by atoms with Crippen molar-refractivity contribution in [1.29, 1.82) is 0 Å². The van der Waals surface area contributed by atoms with Crippen LogP contribution < -0.4 is 10.6 Å². The maximum atomic E-state index is 12.2. The monoisotopic (exact) mass is 331 g/mol. The molecule has 0 aliphatic carbocycles. The number of nitrogens with one attached hydrogen (secondary N) is 2. The summed E-state index contributed by atoms with van der Waals surface area (Å²) in [4.78, 5) is 14.5. The van der Waals surface area contributed by atoms with Crippen LogP contribution in [0.25, 0.3) is 0 Å². The minimum atomic E-state index is -0.218. The van der Waals surface area contributed by atoms with Gasteiger partial charge in [0.15, 0.2) is 0 Å². The maximum absolute atomic E-state index is 12.2. The molecule has 6 nitrogen and oxygen atoms in total. The lowest BCUT2D eigenvalue weighted by Crippen LogP contribution is -2.41. The Morgan fingerprint density at radius 2 is 2.13 bits per heavy atom. The molecule has 0 unspecified atom stereocenters. The average Bonchev–Trinajstić information content (AvgIpc) is 3.15. The fourth-order valence-electron chi connectivity index (χ4n) is 2.98. The summed E-state index contributed by atoms with van der Waals surface area (Å²) in [6, 6.07) is 10.4. The minimum absolute atomic E-state index is 0.0842. The third kappa shape index (κ3) is 3.68. The Hall–Kier alpha value is -1.99. The first-order valence-corrected chi connectivity index (χ1v) is 8.64. The number of amides is 2. The number of aryl methyl sites for hydroxylation is 1. The second-order valence-electron chi connectivity index (χ2n) is 5.68. The first-order chi connectivity index (χ1) is 11.2. The van der Waals surface area contributed by atoms with E-state index in [0.717, 1.165) is 24.4 Å². The van der Waals surface area contributed by atoms with Crippen LogP contribution in [-0.2, 0) is 6.42 Å². The molecule has 2 heterocycles. The van der Waals surface area contributed by atoms with Gasteiger partial charge in [0.1, 0.15) is 5.01 Å². The molecule has 1 aromatic carbocycles. The van der Waals surface area contributed by atoms with E-state index in [2.05, 4.69) is 44.9 Å². The molecule has 2 amide bonds. The number of rotatable bonds is 4. The van der Waals surface area contributed by atoms with E-state index in [1.165, 1.54) is 16.9 Å². The van der Waals surface area contributed by atoms with Gasteiger partial charge in [0, 0.05) is 6.54 Å². The molecule has 1 fully saturated rings. The van der Waals surface area contributed by atoms with Crippen LogP contribution in [0.4, 0.5) is 9.93 Å². The molecular formula is C16H21N5OS. The largest absolute Gasteiger partial charge is 0.333 e. The molecule has 2 atom stereocenters. The van der Waals surface area contributed by atoms with Crippen molar-refractivity contribution in [2.24, 2.45) is 0 Å².